The van der Waals surface area contributed by atoms with Crippen molar-refractivity contribution < 1.29 is 14.2 Å². The highest BCUT2D eigenvalue weighted by Crippen LogP contribution is 2.39. The minimum absolute atomic E-state index is 0.162. The van der Waals surface area contributed by atoms with Gasteiger partial charge in [-0.05, 0) is 55.6 Å². The summed E-state index contributed by atoms with van der Waals surface area (Å²) in [4.78, 5) is 2.44. The molecule has 0 aromatic heterocycles. The van der Waals surface area contributed by atoms with E-state index in [1.54, 1.807) is 0 Å². The summed E-state index contributed by atoms with van der Waals surface area (Å²) in [6.45, 7) is 9.04. The van der Waals surface area contributed by atoms with Gasteiger partial charge < -0.3 is 24.4 Å². The fourth-order valence-corrected chi connectivity index (χ4v) is 3.97. The van der Waals surface area contributed by atoms with Crippen LogP contribution >= 0.6 is 0 Å². The van der Waals surface area contributed by atoms with Crippen molar-refractivity contribution in [1.82, 2.24) is 5.32 Å². The average Bonchev–Trinajstić information content (AvgIpc) is 2.82. The van der Waals surface area contributed by atoms with Gasteiger partial charge in [0, 0.05) is 6.54 Å². The minimum Gasteiger partial charge on any atom is -0.490 e. The second-order valence-corrected chi connectivity index (χ2v) is 6.60. The SMILES string of the molecule is Cc1c2c(cc3c1N(CC1COCCO1)CCO3)CCNCC2. The first-order chi connectivity index (χ1) is 11.3. The Morgan fingerprint density at radius 2 is 2.13 bits per heavy atom. The molecule has 1 saturated heterocycles. The summed E-state index contributed by atoms with van der Waals surface area (Å²) in [6, 6.07) is 2.27. The number of fused-ring (bicyclic) bond motifs is 2. The van der Waals surface area contributed by atoms with E-state index in [-0.39, 0.29) is 6.10 Å². The van der Waals surface area contributed by atoms with Crippen LogP contribution in [-0.4, -0.2) is 58.7 Å². The first-order valence-electron chi connectivity index (χ1n) is 8.76. The molecule has 3 aliphatic heterocycles. The molecule has 0 radical (unpaired) electrons. The second kappa shape index (κ2) is 6.67. The Morgan fingerprint density at radius 3 is 3.00 bits per heavy atom. The quantitative estimate of drug-likeness (QED) is 0.890. The average molecular weight is 318 g/mol. The Balaban J connectivity index is 1.64. The van der Waals surface area contributed by atoms with Gasteiger partial charge >= 0.3 is 0 Å². The van der Waals surface area contributed by atoms with Crippen LogP contribution in [0.5, 0.6) is 5.75 Å². The Kier molecular flexibility index (Phi) is 4.42. The lowest BCUT2D eigenvalue weighted by atomic mass is 9.94. The molecule has 1 fully saturated rings. The van der Waals surface area contributed by atoms with E-state index in [2.05, 4.69) is 23.2 Å². The standard InChI is InChI=1S/C18H26N2O3/c1-13-16-3-5-19-4-2-14(16)10-17-18(13)20(6-7-23-17)11-15-12-21-8-9-22-15/h10,15,19H,2-9,11-12H2,1H3. The molecular formula is C18H26N2O3. The van der Waals surface area contributed by atoms with E-state index in [1.807, 2.05) is 0 Å². The molecule has 3 heterocycles. The number of hydrogen-bond donors (Lipinski definition) is 1. The molecule has 5 nitrogen and oxygen atoms in total. The van der Waals surface area contributed by atoms with Gasteiger partial charge in [-0.25, -0.2) is 0 Å². The van der Waals surface area contributed by atoms with Gasteiger partial charge in [0.1, 0.15) is 12.4 Å². The van der Waals surface area contributed by atoms with Gasteiger partial charge in [0.05, 0.1) is 38.2 Å². The van der Waals surface area contributed by atoms with Crippen molar-refractivity contribution in [3.05, 3.63) is 22.8 Å². The zero-order chi connectivity index (χ0) is 15.6. The van der Waals surface area contributed by atoms with E-state index in [0.29, 0.717) is 13.2 Å². The molecule has 5 heteroatoms. The molecule has 1 atom stereocenters. The van der Waals surface area contributed by atoms with Crippen molar-refractivity contribution in [3.63, 3.8) is 0 Å². The third-order valence-corrected chi connectivity index (χ3v) is 5.10. The predicted octanol–water partition coefficient (Wildman–Crippen LogP) is 1.30. The first kappa shape index (κ1) is 15.2. The lowest BCUT2D eigenvalue weighted by Crippen LogP contribution is -2.43. The Morgan fingerprint density at radius 1 is 1.22 bits per heavy atom. The topological polar surface area (TPSA) is 43.0 Å². The van der Waals surface area contributed by atoms with Crippen LogP contribution < -0.4 is 15.0 Å². The molecule has 0 aliphatic carbocycles. The molecule has 0 saturated carbocycles. The summed E-state index contributed by atoms with van der Waals surface area (Å²) in [7, 11) is 0. The minimum atomic E-state index is 0.162. The Hall–Kier alpha value is -1.30. The molecule has 3 aliphatic rings. The predicted molar refractivity (Wildman–Crippen MR) is 89.7 cm³/mol. The second-order valence-electron chi connectivity index (χ2n) is 6.60. The highest BCUT2D eigenvalue weighted by Gasteiger charge is 2.27. The molecule has 0 bridgehead atoms. The molecular weight excluding hydrogens is 292 g/mol. The van der Waals surface area contributed by atoms with Gasteiger partial charge in [0.15, 0.2) is 0 Å². The molecule has 1 aromatic rings. The first-order valence-corrected chi connectivity index (χ1v) is 8.76. The molecule has 1 aromatic carbocycles. The van der Waals surface area contributed by atoms with Gasteiger partial charge in [-0.15, -0.1) is 0 Å². The van der Waals surface area contributed by atoms with E-state index >= 15 is 0 Å². The fourth-order valence-electron chi connectivity index (χ4n) is 3.97. The maximum absolute atomic E-state index is 6.00. The van der Waals surface area contributed by atoms with E-state index in [0.717, 1.165) is 58.0 Å². The van der Waals surface area contributed by atoms with E-state index in [1.165, 1.54) is 22.4 Å². The summed E-state index contributed by atoms with van der Waals surface area (Å²) in [5.41, 5.74) is 5.61. The Bertz CT molecular complexity index is 570. The van der Waals surface area contributed by atoms with Crippen molar-refractivity contribution in [3.8, 4) is 5.75 Å². The van der Waals surface area contributed by atoms with Gasteiger partial charge in [-0.1, -0.05) is 0 Å². The van der Waals surface area contributed by atoms with Crippen LogP contribution in [0.15, 0.2) is 6.07 Å². The highest BCUT2D eigenvalue weighted by molar-refractivity contribution is 5.69. The number of nitrogens with one attached hydrogen (secondary N) is 1. The van der Waals surface area contributed by atoms with Crippen molar-refractivity contribution in [2.24, 2.45) is 0 Å². The summed E-state index contributed by atoms with van der Waals surface area (Å²) >= 11 is 0. The number of nitrogens with zero attached hydrogens (tertiary/aromatic N) is 1. The van der Waals surface area contributed by atoms with Gasteiger partial charge in [-0.2, -0.15) is 0 Å². The van der Waals surface area contributed by atoms with Crippen molar-refractivity contribution in [2.75, 3.05) is 57.5 Å². The summed E-state index contributed by atoms with van der Waals surface area (Å²) in [5.74, 6) is 1.05. The lowest BCUT2D eigenvalue weighted by molar-refractivity contribution is -0.0842. The highest BCUT2D eigenvalue weighted by atomic mass is 16.6. The summed E-state index contributed by atoms with van der Waals surface area (Å²) < 4.78 is 17.4. The van der Waals surface area contributed by atoms with Crippen LogP contribution in [0.25, 0.3) is 0 Å². The number of hydrogen-bond acceptors (Lipinski definition) is 5. The molecule has 1 unspecified atom stereocenters. The van der Waals surface area contributed by atoms with Crippen LogP contribution in [-0.2, 0) is 22.3 Å². The molecule has 0 spiro atoms. The maximum atomic E-state index is 6.00. The van der Waals surface area contributed by atoms with Gasteiger partial charge in [0.25, 0.3) is 0 Å². The van der Waals surface area contributed by atoms with Crippen LogP contribution in [0.2, 0.25) is 0 Å². The largest absolute Gasteiger partial charge is 0.490 e. The van der Waals surface area contributed by atoms with Crippen molar-refractivity contribution >= 4 is 5.69 Å². The van der Waals surface area contributed by atoms with Crippen LogP contribution in [0.4, 0.5) is 5.69 Å². The van der Waals surface area contributed by atoms with E-state index < -0.39 is 0 Å². The smallest absolute Gasteiger partial charge is 0.143 e. The monoisotopic (exact) mass is 318 g/mol. The summed E-state index contributed by atoms with van der Waals surface area (Å²) in [6.07, 6.45) is 2.35. The van der Waals surface area contributed by atoms with Gasteiger partial charge in [-0.3, -0.25) is 0 Å². The zero-order valence-electron chi connectivity index (χ0n) is 13.9. The third-order valence-electron chi connectivity index (χ3n) is 5.10. The normalized spacial score (nSPS) is 24.4. The van der Waals surface area contributed by atoms with Crippen LogP contribution in [0.3, 0.4) is 0 Å². The number of anilines is 1. The van der Waals surface area contributed by atoms with Crippen LogP contribution in [0, 0.1) is 6.92 Å². The van der Waals surface area contributed by atoms with E-state index in [4.69, 9.17) is 14.2 Å². The van der Waals surface area contributed by atoms with Crippen LogP contribution in [0.1, 0.15) is 16.7 Å². The van der Waals surface area contributed by atoms with Gasteiger partial charge in [0.2, 0.25) is 0 Å². The fraction of sp³-hybridized carbons (Fsp3) is 0.667. The number of rotatable bonds is 2. The molecule has 0 amide bonds. The lowest BCUT2D eigenvalue weighted by Gasteiger charge is -2.37. The number of ether oxygens (including phenoxy) is 3. The summed E-state index contributed by atoms with van der Waals surface area (Å²) in [5, 5.41) is 3.50. The Labute approximate surface area is 137 Å². The molecule has 126 valence electrons. The molecule has 4 rings (SSSR count). The maximum Gasteiger partial charge on any atom is 0.143 e. The molecule has 1 N–H and O–H groups in total. The van der Waals surface area contributed by atoms with Crippen molar-refractivity contribution in [2.45, 2.75) is 25.9 Å². The molecule has 23 heavy (non-hydrogen) atoms. The number of benzene rings is 1. The van der Waals surface area contributed by atoms with Crippen molar-refractivity contribution in [1.29, 1.82) is 0 Å². The zero-order valence-corrected chi connectivity index (χ0v) is 13.9. The third kappa shape index (κ3) is 3.05. The van der Waals surface area contributed by atoms with E-state index in [9.17, 15) is 0 Å².